The summed E-state index contributed by atoms with van der Waals surface area (Å²) in [7, 11) is -2.06. The number of rotatable bonds is 13. The van der Waals surface area contributed by atoms with Gasteiger partial charge in [0.15, 0.2) is 0 Å². The molecule has 7 nitrogen and oxygen atoms in total. The molecule has 136 valence electrons. The maximum absolute atomic E-state index is 11.8. The molecule has 0 amide bonds. The standard InChI is InChI=1S/C13H30O7Si3/c1-4-16-23(17-5-2,18-6-3)9-7-8-11(13(15)20-22)10-12(14)19-21/h11H,4-10H2,1-3,21-22H3. The van der Waals surface area contributed by atoms with Crippen LogP contribution in [0.2, 0.25) is 6.04 Å². The van der Waals surface area contributed by atoms with Crippen LogP contribution in [0.25, 0.3) is 0 Å². The van der Waals surface area contributed by atoms with Crippen LogP contribution in [-0.4, -0.2) is 61.5 Å². The highest BCUT2D eigenvalue weighted by atomic mass is 28.4. The Morgan fingerprint density at radius 2 is 1.48 bits per heavy atom. The molecule has 1 atom stereocenters. The van der Waals surface area contributed by atoms with Gasteiger partial charge in [0.05, 0.1) is 12.3 Å². The monoisotopic (exact) mass is 382 g/mol. The molecule has 0 bridgehead atoms. The third kappa shape index (κ3) is 8.77. The van der Waals surface area contributed by atoms with E-state index in [2.05, 4.69) is 0 Å². The quantitative estimate of drug-likeness (QED) is 0.396. The molecule has 0 aromatic heterocycles. The summed E-state index contributed by atoms with van der Waals surface area (Å²) in [6.07, 6.45) is 1.26. The lowest BCUT2D eigenvalue weighted by Crippen LogP contribution is -2.46. The Hall–Kier alpha value is -0.529. The van der Waals surface area contributed by atoms with Crippen molar-refractivity contribution in [2.24, 2.45) is 5.92 Å². The number of hydrogen-bond donors (Lipinski definition) is 0. The van der Waals surface area contributed by atoms with Gasteiger partial charge >= 0.3 is 8.80 Å². The van der Waals surface area contributed by atoms with Crippen molar-refractivity contribution in [3.8, 4) is 0 Å². The van der Waals surface area contributed by atoms with Gasteiger partial charge in [0, 0.05) is 25.9 Å². The third-order valence-corrected chi connectivity index (χ3v) is 7.31. The first kappa shape index (κ1) is 22.5. The van der Waals surface area contributed by atoms with Gasteiger partial charge in [-0.2, -0.15) is 0 Å². The maximum Gasteiger partial charge on any atom is 0.500 e. The van der Waals surface area contributed by atoms with E-state index in [1.165, 1.54) is 0 Å². The molecule has 0 saturated carbocycles. The van der Waals surface area contributed by atoms with Crippen molar-refractivity contribution in [2.45, 2.75) is 46.1 Å². The van der Waals surface area contributed by atoms with Crippen LogP contribution in [0.3, 0.4) is 0 Å². The average Bonchev–Trinajstić information content (AvgIpc) is 2.53. The highest BCUT2D eigenvalue weighted by Crippen LogP contribution is 2.23. The van der Waals surface area contributed by atoms with E-state index in [9.17, 15) is 9.59 Å². The summed E-state index contributed by atoms with van der Waals surface area (Å²) >= 11 is 0. The second-order valence-electron chi connectivity index (χ2n) is 4.87. The van der Waals surface area contributed by atoms with Crippen molar-refractivity contribution < 1.29 is 31.7 Å². The van der Waals surface area contributed by atoms with Crippen molar-refractivity contribution in [1.29, 1.82) is 0 Å². The smallest absolute Gasteiger partial charge is 0.500 e. The topological polar surface area (TPSA) is 80.3 Å². The number of hydrogen-bond acceptors (Lipinski definition) is 7. The molecule has 1 unspecified atom stereocenters. The largest absolute Gasteiger partial charge is 0.529 e. The van der Waals surface area contributed by atoms with E-state index >= 15 is 0 Å². The van der Waals surface area contributed by atoms with Crippen LogP contribution in [0.1, 0.15) is 40.0 Å². The van der Waals surface area contributed by atoms with Crippen LogP contribution in [-0.2, 0) is 31.7 Å². The van der Waals surface area contributed by atoms with Crippen molar-refractivity contribution in [3.05, 3.63) is 0 Å². The normalized spacial score (nSPS) is 13.0. The molecule has 0 fully saturated rings. The second kappa shape index (κ2) is 12.8. The first-order chi connectivity index (χ1) is 11.0. The van der Waals surface area contributed by atoms with E-state index in [0.717, 1.165) is 0 Å². The average molecular weight is 383 g/mol. The molecule has 10 heteroatoms. The van der Waals surface area contributed by atoms with Crippen molar-refractivity contribution in [1.82, 2.24) is 0 Å². The molecule has 0 spiro atoms. The highest BCUT2D eigenvalue weighted by Gasteiger charge is 2.40. The molecule has 0 N–H and O–H groups in total. The van der Waals surface area contributed by atoms with E-state index in [-0.39, 0.29) is 18.4 Å². The number of carbonyl (C=O) groups excluding carboxylic acids is 2. The highest BCUT2D eigenvalue weighted by molar-refractivity contribution is 6.60. The van der Waals surface area contributed by atoms with E-state index in [1.54, 1.807) is 0 Å². The lowest BCUT2D eigenvalue weighted by atomic mass is 10.0. The van der Waals surface area contributed by atoms with Crippen molar-refractivity contribution in [2.75, 3.05) is 19.8 Å². The lowest BCUT2D eigenvalue weighted by molar-refractivity contribution is -0.145. The number of carbonyl (C=O) groups is 2. The molecule has 0 aromatic rings. The van der Waals surface area contributed by atoms with Gasteiger partial charge in [0.25, 0.3) is 11.9 Å². The molecular formula is C13H30O7Si3. The molecule has 0 aromatic carbocycles. The summed E-state index contributed by atoms with van der Waals surface area (Å²) < 4.78 is 27.0. The van der Waals surface area contributed by atoms with Gasteiger partial charge in [0.1, 0.15) is 0 Å². The summed E-state index contributed by atoms with van der Waals surface area (Å²) in [5.74, 6) is -1.15. The van der Waals surface area contributed by atoms with Crippen LogP contribution >= 0.6 is 0 Å². The van der Waals surface area contributed by atoms with Crippen LogP contribution in [0.4, 0.5) is 0 Å². The maximum atomic E-state index is 11.8. The Bertz CT molecular complexity index is 337. The molecule has 0 aliphatic rings. The predicted octanol–water partition coefficient (Wildman–Crippen LogP) is -0.532. The zero-order valence-electron chi connectivity index (χ0n) is 14.9. The molecule has 0 saturated heterocycles. The van der Waals surface area contributed by atoms with Crippen LogP contribution in [0.5, 0.6) is 0 Å². The molecule has 0 aliphatic heterocycles. The minimum atomic E-state index is -2.71. The summed E-state index contributed by atoms with van der Waals surface area (Å²) in [4.78, 5) is 23.3. The minimum absolute atomic E-state index is 0.0665. The zero-order valence-corrected chi connectivity index (χ0v) is 19.9. The van der Waals surface area contributed by atoms with E-state index in [4.69, 9.17) is 22.1 Å². The Morgan fingerprint density at radius 3 is 1.87 bits per heavy atom. The SMILES string of the molecule is CCO[Si](CCCC(CC(=O)O[SiH3])C(=O)O[SiH3])(OCC)OCC. The van der Waals surface area contributed by atoms with E-state index < -0.39 is 14.7 Å². The fourth-order valence-electron chi connectivity index (χ4n) is 2.32. The van der Waals surface area contributed by atoms with E-state index in [0.29, 0.717) is 59.7 Å². The van der Waals surface area contributed by atoms with Gasteiger partial charge in [-0.25, -0.2) is 0 Å². The van der Waals surface area contributed by atoms with Gasteiger partial charge in [-0.15, -0.1) is 0 Å². The summed E-state index contributed by atoms with van der Waals surface area (Å²) in [6, 6.07) is 0.614. The van der Waals surface area contributed by atoms with Gasteiger partial charge in [0.2, 0.25) is 21.0 Å². The Morgan fingerprint density at radius 1 is 0.957 bits per heavy atom. The Labute approximate surface area is 145 Å². The summed E-state index contributed by atoms with van der Waals surface area (Å²) in [5.41, 5.74) is 0. The molecule has 0 rings (SSSR count). The molecule has 0 aliphatic carbocycles. The van der Waals surface area contributed by atoms with Gasteiger partial charge < -0.3 is 22.1 Å². The van der Waals surface area contributed by atoms with Crippen LogP contribution in [0.15, 0.2) is 0 Å². The third-order valence-electron chi connectivity index (χ3n) is 3.30. The molecular weight excluding hydrogens is 352 g/mol. The van der Waals surface area contributed by atoms with Crippen LogP contribution in [0, 0.1) is 5.92 Å². The van der Waals surface area contributed by atoms with Crippen molar-refractivity contribution in [3.63, 3.8) is 0 Å². The van der Waals surface area contributed by atoms with Gasteiger partial charge in [-0.1, -0.05) is 0 Å². The lowest BCUT2D eigenvalue weighted by Gasteiger charge is -2.28. The molecule has 23 heavy (non-hydrogen) atoms. The van der Waals surface area contributed by atoms with Crippen LogP contribution < -0.4 is 0 Å². The minimum Gasteiger partial charge on any atom is -0.529 e. The second-order valence-corrected chi connectivity index (χ2v) is 8.42. The summed E-state index contributed by atoms with van der Waals surface area (Å²) in [5, 5.41) is 0. The predicted molar refractivity (Wildman–Crippen MR) is 94.8 cm³/mol. The van der Waals surface area contributed by atoms with E-state index in [1.807, 2.05) is 20.8 Å². The van der Waals surface area contributed by atoms with Gasteiger partial charge in [-0.05, 0) is 33.6 Å². The Balaban J connectivity index is 4.71. The molecule has 0 heterocycles. The first-order valence-corrected chi connectivity index (χ1v) is 11.6. The molecule has 0 radical (unpaired) electrons. The van der Waals surface area contributed by atoms with Gasteiger partial charge in [-0.3, -0.25) is 9.59 Å². The summed E-state index contributed by atoms with van der Waals surface area (Å²) in [6.45, 7) is 7.27. The Kier molecular flexibility index (Phi) is 12.5. The zero-order chi connectivity index (χ0) is 17.7. The van der Waals surface area contributed by atoms with Crippen molar-refractivity contribution >= 4 is 41.7 Å². The fraction of sp³-hybridized carbons (Fsp3) is 0.846. The first-order valence-electron chi connectivity index (χ1n) is 8.04. The fourth-order valence-corrected chi connectivity index (χ4v) is 5.46.